The van der Waals surface area contributed by atoms with Gasteiger partial charge in [0.2, 0.25) is 0 Å². The zero-order valence-electron chi connectivity index (χ0n) is 12.0. The van der Waals surface area contributed by atoms with Gasteiger partial charge >= 0.3 is 0 Å². The van der Waals surface area contributed by atoms with Crippen LogP contribution in [-0.4, -0.2) is 17.5 Å². The lowest BCUT2D eigenvalue weighted by atomic mass is 9.96. The minimum atomic E-state index is 0.664. The minimum absolute atomic E-state index is 0.664. The number of hydrogen-bond acceptors (Lipinski definition) is 2. The van der Waals surface area contributed by atoms with Crippen molar-refractivity contribution >= 4 is 16.9 Å². The minimum Gasteiger partial charge on any atom is -0.292 e. The molecule has 0 spiro atoms. The van der Waals surface area contributed by atoms with Gasteiger partial charge in [-0.05, 0) is 35.4 Å². The fourth-order valence-electron chi connectivity index (χ4n) is 2.92. The van der Waals surface area contributed by atoms with Gasteiger partial charge in [0.05, 0.1) is 0 Å². The van der Waals surface area contributed by atoms with Crippen molar-refractivity contribution in [1.82, 2.24) is 4.90 Å². The summed E-state index contributed by atoms with van der Waals surface area (Å²) in [4.78, 5) is 4.05. The van der Waals surface area contributed by atoms with Crippen LogP contribution in [0.2, 0.25) is 0 Å². The molecule has 0 bridgehead atoms. The first-order valence-electron chi connectivity index (χ1n) is 7.37. The third kappa shape index (κ3) is 3.02. The van der Waals surface area contributed by atoms with Crippen molar-refractivity contribution in [2.45, 2.75) is 32.4 Å². The number of hydrogen-bond donors (Lipinski definition) is 0. The molecule has 1 nitrogen and oxygen atoms in total. The average Bonchev–Trinajstić information content (AvgIpc) is 3.03. The Bertz CT molecular complexity index is 556. The molecule has 0 amide bonds. The predicted molar refractivity (Wildman–Crippen MR) is 87.8 cm³/mol. The molecule has 3 rings (SSSR count). The predicted octanol–water partition coefficient (Wildman–Crippen LogP) is 4.82. The second-order valence-corrected chi connectivity index (χ2v) is 6.34. The molecule has 2 heterocycles. The first-order chi connectivity index (χ1) is 9.86. The Hall–Kier alpha value is -1.38. The monoisotopic (exact) mass is 283 g/mol. The molecular weight excluding hydrogens is 262 g/mol. The van der Waals surface area contributed by atoms with E-state index in [0.717, 1.165) is 13.1 Å². The molecule has 1 aliphatic rings. The van der Waals surface area contributed by atoms with Crippen LogP contribution in [0, 0.1) is 0 Å². The van der Waals surface area contributed by atoms with Gasteiger partial charge in [0.1, 0.15) is 0 Å². The van der Waals surface area contributed by atoms with E-state index < -0.39 is 0 Å². The summed E-state index contributed by atoms with van der Waals surface area (Å²) in [5, 5.41) is 2.17. The molecule has 0 saturated heterocycles. The maximum absolute atomic E-state index is 2.60. The molecule has 1 unspecified atom stereocenters. The zero-order valence-corrected chi connectivity index (χ0v) is 12.8. The van der Waals surface area contributed by atoms with Gasteiger partial charge in [-0.3, -0.25) is 4.90 Å². The second-order valence-electron chi connectivity index (χ2n) is 5.39. The van der Waals surface area contributed by atoms with E-state index in [9.17, 15) is 0 Å². The standard InChI is InChI=1S/C18H21NS/c1-2-17-13-16(18-9-6-12-20-18)10-11-19(17)14-15-7-4-3-5-8-15/h3-10,12,17H,2,11,13-14H2,1H3. The molecule has 1 aromatic carbocycles. The van der Waals surface area contributed by atoms with Crippen molar-refractivity contribution in [3.05, 3.63) is 64.4 Å². The fourth-order valence-corrected chi connectivity index (χ4v) is 3.70. The van der Waals surface area contributed by atoms with Crippen LogP contribution in [-0.2, 0) is 6.54 Å². The molecule has 104 valence electrons. The van der Waals surface area contributed by atoms with Crippen molar-refractivity contribution in [3.8, 4) is 0 Å². The van der Waals surface area contributed by atoms with Crippen LogP contribution < -0.4 is 0 Å². The molecule has 2 heteroatoms. The molecule has 2 aromatic rings. The van der Waals surface area contributed by atoms with E-state index >= 15 is 0 Å². The molecule has 0 radical (unpaired) electrons. The van der Waals surface area contributed by atoms with E-state index in [1.807, 2.05) is 11.3 Å². The summed E-state index contributed by atoms with van der Waals surface area (Å²) in [5.74, 6) is 0. The van der Waals surface area contributed by atoms with Crippen molar-refractivity contribution in [2.24, 2.45) is 0 Å². The third-order valence-electron chi connectivity index (χ3n) is 4.08. The molecule has 1 atom stereocenters. The lowest BCUT2D eigenvalue weighted by Crippen LogP contribution is -2.37. The van der Waals surface area contributed by atoms with E-state index in [1.165, 1.54) is 28.9 Å². The van der Waals surface area contributed by atoms with Crippen molar-refractivity contribution in [3.63, 3.8) is 0 Å². The number of thiophene rings is 1. The molecule has 1 aromatic heterocycles. The summed E-state index contributed by atoms with van der Waals surface area (Å²) in [6.07, 6.45) is 4.82. The third-order valence-corrected chi connectivity index (χ3v) is 5.03. The van der Waals surface area contributed by atoms with Crippen LogP contribution in [0.5, 0.6) is 0 Å². The topological polar surface area (TPSA) is 3.24 Å². The molecule has 0 N–H and O–H groups in total. The molecule has 0 saturated carbocycles. The second kappa shape index (κ2) is 6.38. The maximum atomic E-state index is 2.60. The van der Waals surface area contributed by atoms with E-state index in [1.54, 1.807) is 0 Å². The smallest absolute Gasteiger partial charge is 0.0300 e. The van der Waals surface area contributed by atoms with Gasteiger partial charge in [-0.15, -0.1) is 11.3 Å². The van der Waals surface area contributed by atoms with Crippen molar-refractivity contribution < 1.29 is 0 Å². The van der Waals surface area contributed by atoms with Gasteiger partial charge < -0.3 is 0 Å². The van der Waals surface area contributed by atoms with E-state index in [4.69, 9.17) is 0 Å². The first-order valence-corrected chi connectivity index (χ1v) is 8.25. The van der Waals surface area contributed by atoms with Gasteiger partial charge in [0.25, 0.3) is 0 Å². The summed E-state index contributed by atoms with van der Waals surface area (Å²) in [7, 11) is 0. The lowest BCUT2D eigenvalue weighted by molar-refractivity contribution is 0.198. The molecule has 1 aliphatic heterocycles. The van der Waals surface area contributed by atoms with Gasteiger partial charge in [-0.2, -0.15) is 0 Å². The van der Waals surface area contributed by atoms with Gasteiger partial charge in [-0.25, -0.2) is 0 Å². The number of rotatable bonds is 4. The van der Waals surface area contributed by atoms with E-state index in [0.29, 0.717) is 6.04 Å². The highest BCUT2D eigenvalue weighted by molar-refractivity contribution is 7.11. The van der Waals surface area contributed by atoms with Gasteiger partial charge in [-0.1, -0.05) is 49.4 Å². The van der Waals surface area contributed by atoms with Crippen molar-refractivity contribution in [2.75, 3.05) is 6.54 Å². The molecule has 0 fully saturated rings. The first kappa shape index (κ1) is 13.6. The van der Waals surface area contributed by atoms with Gasteiger partial charge in [0, 0.05) is 24.0 Å². The summed E-state index contributed by atoms with van der Waals surface area (Å²) in [6.45, 7) is 4.44. The van der Waals surface area contributed by atoms with Crippen LogP contribution in [0.4, 0.5) is 0 Å². The van der Waals surface area contributed by atoms with Crippen LogP contribution in [0.15, 0.2) is 53.9 Å². The Morgan fingerprint density at radius 3 is 2.70 bits per heavy atom. The Balaban J connectivity index is 1.74. The van der Waals surface area contributed by atoms with Gasteiger partial charge in [0.15, 0.2) is 0 Å². The summed E-state index contributed by atoms with van der Waals surface area (Å²) in [5.41, 5.74) is 2.95. The summed E-state index contributed by atoms with van der Waals surface area (Å²) < 4.78 is 0. The number of benzene rings is 1. The largest absolute Gasteiger partial charge is 0.292 e. The molecule has 0 aliphatic carbocycles. The Labute approximate surface area is 125 Å². The highest BCUT2D eigenvalue weighted by Crippen LogP contribution is 2.31. The Morgan fingerprint density at radius 2 is 2.00 bits per heavy atom. The Morgan fingerprint density at radius 1 is 1.15 bits per heavy atom. The van der Waals surface area contributed by atoms with E-state index in [2.05, 4.69) is 65.7 Å². The van der Waals surface area contributed by atoms with Crippen molar-refractivity contribution in [1.29, 1.82) is 0 Å². The summed E-state index contributed by atoms with van der Waals surface area (Å²) in [6, 6.07) is 15.9. The summed E-state index contributed by atoms with van der Waals surface area (Å²) >= 11 is 1.86. The average molecular weight is 283 g/mol. The van der Waals surface area contributed by atoms with Crippen LogP contribution in [0.25, 0.3) is 5.57 Å². The normalized spacial score (nSPS) is 19.9. The zero-order chi connectivity index (χ0) is 13.8. The Kier molecular flexibility index (Phi) is 4.34. The van der Waals surface area contributed by atoms with Crippen LogP contribution in [0.3, 0.4) is 0 Å². The number of nitrogens with zero attached hydrogens (tertiary/aromatic N) is 1. The van der Waals surface area contributed by atoms with Crippen LogP contribution >= 0.6 is 11.3 Å². The quantitative estimate of drug-likeness (QED) is 0.778. The lowest BCUT2D eigenvalue weighted by Gasteiger charge is -2.34. The van der Waals surface area contributed by atoms with Crippen LogP contribution in [0.1, 0.15) is 30.2 Å². The SMILES string of the molecule is CCC1CC(c2cccs2)=CCN1Cc1ccccc1. The highest BCUT2D eigenvalue weighted by atomic mass is 32.1. The van der Waals surface area contributed by atoms with E-state index in [-0.39, 0.29) is 0 Å². The highest BCUT2D eigenvalue weighted by Gasteiger charge is 2.22. The maximum Gasteiger partial charge on any atom is 0.0300 e. The fraction of sp³-hybridized carbons (Fsp3) is 0.333. The molecule has 20 heavy (non-hydrogen) atoms. The molecular formula is C18H21NS.